The molecule has 0 aliphatic rings. The van der Waals surface area contributed by atoms with Gasteiger partial charge in [-0.05, 0) is 82.9 Å². The van der Waals surface area contributed by atoms with E-state index in [9.17, 15) is 10.5 Å². The van der Waals surface area contributed by atoms with Gasteiger partial charge in [0.15, 0.2) is 5.69 Å². The maximum Gasteiger partial charge on any atom is 0.196 e. The lowest BCUT2D eigenvalue weighted by Gasteiger charge is -2.17. The van der Waals surface area contributed by atoms with Gasteiger partial charge >= 0.3 is 0 Å². The molecule has 0 radical (unpaired) electrons. The van der Waals surface area contributed by atoms with Gasteiger partial charge in [0.1, 0.15) is 0 Å². The summed E-state index contributed by atoms with van der Waals surface area (Å²) in [4.78, 5) is 3.92. The van der Waals surface area contributed by atoms with Crippen LogP contribution in [0.15, 0.2) is 152 Å². The fourth-order valence-corrected chi connectivity index (χ4v) is 7.42. The van der Waals surface area contributed by atoms with Gasteiger partial charge in [-0.3, -0.25) is 0 Å². The van der Waals surface area contributed by atoms with Crippen molar-refractivity contribution < 1.29 is 0 Å². The summed E-state index contributed by atoms with van der Waals surface area (Å²) < 4.78 is 4.47. The van der Waals surface area contributed by atoms with Crippen LogP contribution in [-0.2, 0) is 0 Å². The third-order valence-corrected chi connectivity index (χ3v) is 9.63. The van der Waals surface area contributed by atoms with Gasteiger partial charge < -0.3 is 9.13 Å². The molecule has 7 aromatic carbocycles. The Morgan fingerprint density at radius 2 is 1.06 bits per heavy atom. The molecule has 9 rings (SSSR count). The van der Waals surface area contributed by atoms with E-state index in [1.165, 1.54) is 0 Å². The van der Waals surface area contributed by atoms with Crippen molar-refractivity contribution in [1.29, 1.82) is 10.5 Å². The Balaban J connectivity index is 1.22. The molecule has 0 atom stereocenters. The molecule has 0 saturated heterocycles. The zero-order valence-electron chi connectivity index (χ0n) is 26.7. The van der Waals surface area contributed by atoms with E-state index < -0.39 is 0 Å². The van der Waals surface area contributed by atoms with Crippen molar-refractivity contribution in [2.24, 2.45) is 0 Å². The van der Waals surface area contributed by atoms with Crippen LogP contribution in [0, 0.1) is 29.2 Å². The summed E-state index contributed by atoms with van der Waals surface area (Å²) in [6, 6.07) is 55.5. The molecule has 0 N–H and O–H groups in total. The summed E-state index contributed by atoms with van der Waals surface area (Å²) >= 11 is 0. The van der Waals surface area contributed by atoms with Gasteiger partial charge in [-0.15, -0.1) is 0 Å². The number of aromatic nitrogens is 2. The van der Waals surface area contributed by atoms with E-state index in [1.807, 2.05) is 60.7 Å². The number of benzene rings is 7. The quantitative estimate of drug-likeness (QED) is 0.181. The first-order valence-electron chi connectivity index (χ1n) is 16.3. The maximum absolute atomic E-state index is 10.3. The van der Waals surface area contributed by atoms with Crippen LogP contribution < -0.4 is 0 Å². The zero-order valence-corrected chi connectivity index (χ0v) is 26.7. The fraction of sp³-hybridized carbons (Fsp3) is 0. The van der Waals surface area contributed by atoms with Gasteiger partial charge in [-0.2, -0.15) is 10.5 Å². The molecular formula is C45H25N5. The molecule has 5 heteroatoms. The summed E-state index contributed by atoms with van der Waals surface area (Å²) in [7, 11) is 0. The Hall–Kier alpha value is -7.39. The molecular weight excluding hydrogens is 611 g/mol. The van der Waals surface area contributed by atoms with Crippen LogP contribution in [0.1, 0.15) is 11.1 Å². The average molecular weight is 636 g/mol. The summed E-state index contributed by atoms with van der Waals surface area (Å²) in [5.41, 5.74) is 11.0. The predicted octanol–water partition coefficient (Wildman–Crippen LogP) is 11.5. The highest BCUT2D eigenvalue weighted by atomic mass is 15.0. The molecule has 2 heterocycles. The van der Waals surface area contributed by atoms with E-state index in [-0.39, 0.29) is 0 Å². The maximum atomic E-state index is 10.3. The number of hydrogen-bond acceptors (Lipinski definition) is 2. The molecule has 0 aliphatic heterocycles. The van der Waals surface area contributed by atoms with Crippen molar-refractivity contribution in [3.8, 4) is 45.8 Å². The number of nitrogens with zero attached hydrogens (tertiary/aromatic N) is 5. The number of rotatable bonds is 4. The largest absolute Gasteiger partial charge is 0.309 e. The Morgan fingerprint density at radius 3 is 1.70 bits per heavy atom. The SMILES string of the molecule is [C-]#[N+]c1cc(C#N)c(-c2ccc(-n3c4ccccc4c4cc(C#N)ccc43)cc2)cc1-c1ccccc1-n1c2ccccc2c2ccccc21. The van der Waals surface area contributed by atoms with Crippen molar-refractivity contribution in [3.05, 3.63) is 174 Å². The highest BCUT2D eigenvalue weighted by molar-refractivity contribution is 6.11. The predicted molar refractivity (Wildman–Crippen MR) is 202 cm³/mol. The van der Waals surface area contributed by atoms with E-state index in [4.69, 9.17) is 6.57 Å². The molecule has 0 unspecified atom stereocenters. The monoisotopic (exact) mass is 635 g/mol. The highest BCUT2D eigenvalue weighted by Crippen LogP contribution is 2.42. The standard InChI is InChI=1S/C45H25N5/c1-48-40-25-31(28-47)37(30-19-21-32(22-20-30)49-41-14-6-5-13-36(41)39-24-29(27-46)18-23-45(39)49)26-38(40)35-12-4-9-17-44(35)50-42-15-7-2-10-33(42)34-11-3-8-16-43(34)50/h2-26H. The molecule has 0 amide bonds. The first-order chi connectivity index (χ1) is 24.7. The molecule has 9 aromatic rings. The second kappa shape index (κ2) is 11.4. The summed E-state index contributed by atoms with van der Waals surface area (Å²) in [6.07, 6.45) is 0. The van der Waals surface area contributed by atoms with Crippen molar-refractivity contribution >= 4 is 49.3 Å². The Bertz CT molecular complexity index is 2900. The molecule has 0 bridgehead atoms. The van der Waals surface area contributed by atoms with Gasteiger partial charge in [-0.1, -0.05) is 91.0 Å². The summed E-state index contributed by atoms with van der Waals surface area (Å²) in [5.74, 6) is 0. The van der Waals surface area contributed by atoms with E-state index in [0.29, 0.717) is 16.8 Å². The summed E-state index contributed by atoms with van der Waals surface area (Å²) in [5, 5.41) is 24.3. The lowest BCUT2D eigenvalue weighted by Crippen LogP contribution is -1.98. The lowest BCUT2D eigenvalue weighted by atomic mass is 9.92. The third-order valence-electron chi connectivity index (χ3n) is 9.63. The normalized spacial score (nSPS) is 11.1. The number of hydrogen-bond donors (Lipinski definition) is 0. The second-order valence-electron chi connectivity index (χ2n) is 12.3. The van der Waals surface area contributed by atoms with Gasteiger partial charge in [0.05, 0.1) is 52.0 Å². The Kier molecular flexibility index (Phi) is 6.56. The highest BCUT2D eigenvalue weighted by Gasteiger charge is 2.20. The van der Waals surface area contributed by atoms with Crippen molar-refractivity contribution in [2.75, 3.05) is 0 Å². The van der Waals surface area contributed by atoms with Crippen LogP contribution >= 0.6 is 0 Å². The first kappa shape index (κ1) is 28.8. The van der Waals surface area contributed by atoms with E-state index in [2.05, 4.69) is 111 Å². The molecule has 0 spiro atoms. The molecule has 0 aliphatic carbocycles. The minimum atomic E-state index is 0.428. The Labute approximate surface area is 288 Å². The van der Waals surface area contributed by atoms with E-state index in [0.717, 1.165) is 77.2 Å². The first-order valence-corrected chi connectivity index (χ1v) is 16.3. The van der Waals surface area contributed by atoms with Crippen LogP contribution in [0.5, 0.6) is 0 Å². The number of nitriles is 2. The van der Waals surface area contributed by atoms with Crippen LogP contribution in [0.3, 0.4) is 0 Å². The molecule has 5 nitrogen and oxygen atoms in total. The van der Waals surface area contributed by atoms with Crippen molar-refractivity contribution in [2.45, 2.75) is 0 Å². The van der Waals surface area contributed by atoms with Crippen LogP contribution in [0.25, 0.3) is 82.1 Å². The lowest BCUT2D eigenvalue weighted by molar-refractivity contribution is 1.18. The van der Waals surface area contributed by atoms with Crippen molar-refractivity contribution in [1.82, 2.24) is 9.13 Å². The minimum absolute atomic E-state index is 0.428. The van der Waals surface area contributed by atoms with Crippen molar-refractivity contribution in [3.63, 3.8) is 0 Å². The minimum Gasteiger partial charge on any atom is -0.309 e. The van der Waals surface area contributed by atoms with Gasteiger partial charge in [0, 0.05) is 32.8 Å². The number of fused-ring (bicyclic) bond motifs is 6. The third kappa shape index (κ3) is 4.31. The molecule has 2 aromatic heterocycles. The average Bonchev–Trinajstić information content (AvgIpc) is 3.70. The van der Waals surface area contributed by atoms with Gasteiger partial charge in [-0.25, -0.2) is 4.85 Å². The molecule has 230 valence electrons. The van der Waals surface area contributed by atoms with E-state index >= 15 is 0 Å². The van der Waals surface area contributed by atoms with Crippen LogP contribution in [-0.4, -0.2) is 9.13 Å². The summed E-state index contributed by atoms with van der Waals surface area (Å²) in [6.45, 7) is 8.14. The Morgan fingerprint density at radius 1 is 0.480 bits per heavy atom. The van der Waals surface area contributed by atoms with Gasteiger partial charge in [0.25, 0.3) is 0 Å². The number of para-hydroxylation sites is 4. The molecule has 0 fully saturated rings. The second-order valence-corrected chi connectivity index (χ2v) is 12.3. The van der Waals surface area contributed by atoms with E-state index in [1.54, 1.807) is 6.07 Å². The van der Waals surface area contributed by atoms with Gasteiger partial charge in [0.2, 0.25) is 0 Å². The topological polar surface area (TPSA) is 61.8 Å². The smallest absolute Gasteiger partial charge is 0.196 e. The van der Waals surface area contributed by atoms with Crippen LogP contribution in [0.4, 0.5) is 5.69 Å². The molecule has 0 saturated carbocycles. The van der Waals surface area contributed by atoms with Crippen LogP contribution in [0.2, 0.25) is 0 Å². The fourth-order valence-electron chi connectivity index (χ4n) is 7.42. The zero-order chi connectivity index (χ0) is 33.8. The molecule has 50 heavy (non-hydrogen) atoms.